The molecule has 2 rings (SSSR count). The molecule has 0 atom stereocenters. The second kappa shape index (κ2) is 6.57. The zero-order chi connectivity index (χ0) is 15.4. The average Bonchev–Trinajstić information content (AvgIpc) is 2.87. The van der Waals surface area contributed by atoms with E-state index in [2.05, 4.69) is 5.10 Å². The Labute approximate surface area is 126 Å². The van der Waals surface area contributed by atoms with E-state index in [4.69, 9.17) is 0 Å². The number of carbonyl (C=O) groups excluding carboxylic acids is 1. The maximum atomic E-state index is 12.4. The first kappa shape index (κ1) is 15.3. The van der Waals surface area contributed by atoms with Crippen molar-refractivity contribution in [2.24, 2.45) is 0 Å². The monoisotopic (exact) mass is 285 g/mol. The third kappa shape index (κ3) is 3.72. The van der Waals surface area contributed by atoms with Crippen LogP contribution in [0.2, 0.25) is 0 Å². The lowest BCUT2D eigenvalue weighted by molar-refractivity contribution is -0.135. The van der Waals surface area contributed by atoms with Gasteiger partial charge in [0, 0.05) is 23.8 Å². The van der Waals surface area contributed by atoms with E-state index in [0.717, 1.165) is 11.3 Å². The summed E-state index contributed by atoms with van der Waals surface area (Å²) in [7, 11) is 0. The number of carbonyl (C=O) groups is 1. The molecule has 0 spiro atoms. The SMILES string of the molecule is CC(C)N(C(=O)Cn1ccc(-c2ccccc2)n1)C(C)C. The van der Waals surface area contributed by atoms with Gasteiger partial charge in [0.05, 0.1) is 5.69 Å². The molecule has 1 amide bonds. The lowest BCUT2D eigenvalue weighted by Crippen LogP contribution is -2.43. The van der Waals surface area contributed by atoms with Crippen LogP contribution >= 0.6 is 0 Å². The number of rotatable bonds is 5. The predicted molar refractivity (Wildman–Crippen MR) is 84.8 cm³/mol. The summed E-state index contributed by atoms with van der Waals surface area (Å²) in [4.78, 5) is 14.3. The fourth-order valence-corrected chi connectivity index (χ4v) is 2.61. The highest BCUT2D eigenvalue weighted by atomic mass is 16.2. The molecule has 0 aliphatic carbocycles. The van der Waals surface area contributed by atoms with Crippen molar-refractivity contribution >= 4 is 5.91 Å². The molecule has 0 aliphatic heterocycles. The van der Waals surface area contributed by atoms with Crippen LogP contribution in [0.25, 0.3) is 11.3 Å². The largest absolute Gasteiger partial charge is 0.336 e. The zero-order valence-electron chi connectivity index (χ0n) is 13.2. The molecular formula is C17H23N3O. The van der Waals surface area contributed by atoms with Gasteiger partial charge in [-0.15, -0.1) is 0 Å². The highest BCUT2D eigenvalue weighted by Crippen LogP contribution is 2.16. The summed E-state index contributed by atoms with van der Waals surface area (Å²) in [5, 5.41) is 4.49. The van der Waals surface area contributed by atoms with Gasteiger partial charge in [-0.05, 0) is 33.8 Å². The van der Waals surface area contributed by atoms with Crippen molar-refractivity contribution in [3.8, 4) is 11.3 Å². The van der Waals surface area contributed by atoms with Gasteiger partial charge in [0.25, 0.3) is 0 Å². The van der Waals surface area contributed by atoms with Crippen molar-refractivity contribution in [1.29, 1.82) is 0 Å². The quantitative estimate of drug-likeness (QED) is 0.846. The second-order valence-corrected chi connectivity index (χ2v) is 5.75. The molecule has 21 heavy (non-hydrogen) atoms. The van der Waals surface area contributed by atoms with Crippen LogP contribution in [0.15, 0.2) is 42.6 Å². The molecule has 0 saturated heterocycles. The lowest BCUT2D eigenvalue weighted by Gasteiger charge is -2.30. The van der Waals surface area contributed by atoms with E-state index in [1.54, 1.807) is 4.68 Å². The number of benzene rings is 1. The third-order valence-corrected chi connectivity index (χ3v) is 3.41. The van der Waals surface area contributed by atoms with Crippen LogP contribution in [0.5, 0.6) is 0 Å². The lowest BCUT2D eigenvalue weighted by atomic mass is 10.2. The van der Waals surface area contributed by atoms with E-state index in [9.17, 15) is 4.79 Å². The van der Waals surface area contributed by atoms with Gasteiger partial charge < -0.3 is 4.90 Å². The normalized spacial score (nSPS) is 11.1. The van der Waals surface area contributed by atoms with Crippen LogP contribution in [0, 0.1) is 0 Å². The summed E-state index contributed by atoms with van der Waals surface area (Å²) in [6.07, 6.45) is 1.86. The molecule has 112 valence electrons. The Bertz CT molecular complexity index is 579. The number of hydrogen-bond acceptors (Lipinski definition) is 2. The molecule has 1 heterocycles. The van der Waals surface area contributed by atoms with Gasteiger partial charge in [0.15, 0.2) is 0 Å². The zero-order valence-corrected chi connectivity index (χ0v) is 13.2. The summed E-state index contributed by atoms with van der Waals surface area (Å²) < 4.78 is 1.71. The Hall–Kier alpha value is -2.10. The molecule has 4 nitrogen and oxygen atoms in total. The topological polar surface area (TPSA) is 38.1 Å². The summed E-state index contributed by atoms with van der Waals surface area (Å²) >= 11 is 0. The smallest absolute Gasteiger partial charge is 0.244 e. The third-order valence-electron chi connectivity index (χ3n) is 3.41. The second-order valence-electron chi connectivity index (χ2n) is 5.75. The molecule has 2 aromatic rings. The van der Waals surface area contributed by atoms with Crippen LogP contribution < -0.4 is 0 Å². The molecule has 0 bridgehead atoms. The van der Waals surface area contributed by atoms with Gasteiger partial charge in [-0.2, -0.15) is 5.10 Å². The molecule has 4 heteroatoms. The van der Waals surface area contributed by atoms with Gasteiger partial charge in [-0.3, -0.25) is 9.48 Å². The van der Waals surface area contributed by atoms with E-state index in [0.29, 0.717) is 0 Å². The Morgan fingerprint density at radius 3 is 2.29 bits per heavy atom. The predicted octanol–water partition coefficient (Wildman–Crippen LogP) is 3.20. The minimum Gasteiger partial charge on any atom is -0.336 e. The number of amides is 1. The molecular weight excluding hydrogens is 262 g/mol. The maximum Gasteiger partial charge on any atom is 0.244 e. The summed E-state index contributed by atoms with van der Waals surface area (Å²) in [6, 6.07) is 12.3. The van der Waals surface area contributed by atoms with Crippen LogP contribution in [-0.2, 0) is 11.3 Å². The van der Waals surface area contributed by atoms with Crippen LogP contribution in [-0.4, -0.2) is 32.7 Å². The van der Waals surface area contributed by atoms with Gasteiger partial charge in [0.2, 0.25) is 5.91 Å². The molecule has 0 fully saturated rings. The number of aromatic nitrogens is 2. The van der Waals surface area contributed by atoms with Gasteiger partial charge in [0.1, 0.15) is 6.54 Å². The number of hydrogen-bond donors (Lipinski definition) is 0. The van der Waals surface area contributed by atoms with Gasteiger partial charge in [-0.25, -0.2) is 0 Å². The van der Waals surface area contributed by atoms with Crippen LogP contribution in [0.3, 0.4) is 0 Å². The minimum atomic E-state index is 0.0997. The Kier molecular flexibility index (Phi) is 4.78. The first-order valence-electron chi connectivity index (χ1n) is 7.39. The van der Waals surface area contributed by atoms with Crippen molar-refractivity contribution in [1.82, 2.24) is 14.7 Å². The Morgan fingerprint density at radius 2 is 1.71 bits per heavy atom. The van der Waals surface area contributed by atoms with E-state index in [-0.39, 0.29) is 24.5 Å². The van der Waals surface area contributed by atoms with Crippen molar-refractivity contribution in [3.63, 3.8) is 0 Å². The summed E-state index contributed by atoms with van der Waals surface area (Å²) in [5.74, 6) is 0.0997. The molecule has 0 saturated carbocycles. The fraction of sp³-hybridized carbons (Fsp3) is 0.412. The van der Waals surface area contributed by atoms with E-state index >= 15 is 0 Å². The standard InChI is InChI=1S/C17H23N3O/c1-13(2)20(14(3)4)17(21)12-19-11-10-16(18-19)15-8-6-5-7-9-15/h5-11,13-14H,12H2,1-4H3. The van der Waals surface area contributed by atoms with Crippen molar-refractivity contribution in [2.75, 3.05) is 0 Å². The Balaban J connectivity index is 2.11. The van der Waals surface area contributed by atoms with Crippen molar-refractivity contribution < 1.29 is 4.79 Å². The molecule has 0 radical (unpaired) electrons. The van der Waals surface area contributed by atoms with E-state index in [1.165, 1.54) is 0 Å². The van der Waals surface area contributed by atoms with Gasteiger partial charge >= 0.3 is 0 Å². The molecule has 0 N–H and O–H groups in total. The average molecular weight is 285 g/mol. The Morgan fingerprint density at radius 1 is 1.10 bits per heavy atom. The van der Waals surface area contributed by atoms with E-state index < -0.39 is 0 Å². The molecule has 0 aliphatic rings. The number of nitrogens with zero attached hydrogens (tertiary/aromatic N) is 3. The van der Waals surface area contributed by atoms with E-state index in [1.807, 2.05) is 75.2 Å². The molecule has 1 aromatic carbocycles. The summed E-state index contributed by atoms with van der Waals surface area (Å²) in [5.41, 5.74) is 1.96. The fourth-order valence-electron chi connectivity index (χ4n) is 2.61. The highest BCUT2D eigenvalue weighted by Gasteiger charge is 2.20. The molecule has 0 unspecified atom stereocenters. The van der Waals surface area contributed by atoms with Crippen LogP contribution in [0.4, 0.5) is 0 Å². The summed E-state index contributed by atoms with van der Waals surface area (Å²) in [6.45, 7) is 8.43. The van der Waals surface area contributed by atoms with Crippen molar-refractivity contribution in [2.45, 2.75) is 46.3 Å². The minimum absolute atomic E-state index is 0.0997. The first-order valence-corrected chi connectivity index (χ1v) is 7.39. The van der Waals surface area contributed by atoms with Crippen molar-refractivity contribution in [3.05, 3.63) is 42.6 Å². The molecule has 1 aromatic heterocycles. The van der Waals surface area contributed by atoms with Gasteiger partial charge in [-0.1, -0.05) is 30.3 Å². The van der Waals surface area contributed by atoms with Crippen LogP contribution in [0.1, 0.15) is 27.7 Å². The maximum absolute atomic E-state index is 12.4. The highest BCUT2D eigenvalue weighted by molar-refractivity contribution is 5.76. The first-order chi connectivity index (χ1) is 9.99.